The van der Waals surface area contributed by atoms with Crippen LogP contribution < -0.4 is 9.47 Å². The zero-order valence-corrected chi connectivity index (χ0v) is 17.4. The van der Waals surface area contributed by atoms with Gasteiger partial charge in [0.15, 0.2) is 17.3 Å². The largest absolute Gasteiger partial charge is 0.493 e. The number of allylic oxidation sites excluding steroid dienone is 2. The molecule has 0 bridgehead atoms. The van der Waals surface area contributed by atoms with Gasteiger partial charge in [0.1, 0.15) is 5.92 Å². The van der Waals surface area contributed by atoms with Gasteiger partial charge in [0.2, 0.25) is 0 Å². The molecule has 0 radical (unpaired) electrons. The van der Waals surface area contributed by atoms with E-state index >= 15 is 0 Å². The molecule has 29 heavy (non-hydrogen) atoms. The van der Waals surface area contributed by atoms with Gasteiger partial charge >= 0.3 is 5.97 Å². The summed E-state index contributed by atoms with van der Waals surface area (Å²) in [6.45, 7) is 1.95. The minimum absolute atomic E-state index is 0.219. The summed E-state index contributed by atoms with van der Waals surface area (Å²) in [4.78, 5) is 25.5. The molecule has 0 N–H and O–H groups in total. The predicted octanol–water partition coefficient (Wildman–Crippen LogP) is 4.68. The van der Waals surface area contributed by atoms with Crippen molar-refractivity contribution in [3.8, 4) is 11.5 Å². The van der Waals surface area contributed by atoms with Gasteiger partial charge in [-0.3, -0.25) is 9.59 Å². The first-order valence-corrected chi connectivity index (χ1v) is 9.75. The van der Waals surface area contributed by atoms with Crippen molar-refractivity contribution in [2.45, 2.75) is 19.3 Å². The van der Waals surface area contributed by atoms with E-state index in [2.05, 4.69) is 0 Å². The molecule has 1 aliphatic rings. The number of carbonyl (C=O) groups is 2. The summed E-state index contributed by atoms with van der Waals surface area (Å²) in [5.74, 6) is -0.861. The predicted molar refractivity (Wildman–Crippen MR) is 111 cm³/mol. The number of benzene rings is 2. The highest BCUT2D eigenvalue weighted by Crippen LogP contribution is 2.42. The highest BCUT2D eigenvalue weighted by Gasteiger charge is 2.39. The van der Waals surface area contributed by atoms with Crippen molar-refractivity contribution < 1.29 is 23.8 Å². The maximum atomic E-state index is 13.0. The van der Waals surface area contributed by atoms with Gasteiger partial charge in [-0.05, 0) is 60.4 Å². The maximum Gasteiger partial charge on any atom is 0.317 e. The molecular formula is C23H23ClO5. The van der Waals surface area contributed by atoms with E-state index in [1.165, 1.54) is 6.08 Å². The number of rotatable bonds is 6. The normalized spacial score (nSPS) is 18.8. The Morgan fingerprint density at radius 1 is 1.10 bits per heavy atom. The van der Waals surface area contributed by atoms with Crippen LogP contribution in [0.1, 0.15) is 30.4 Å². The molecule has 0 amide bonds. The van der Waals surface area contributed by atoms with Crippen LogP contribution in [0.15, 0.2) is 48.5 Å². The highest BCUT2D eigenvalue weighted by molar-refractivity contribution is 6.30. The van der Waals surface area contributed by atoms with E-state index in [4.69, 9.17) is 25.8 Å². The molecule has 1 aliphatic carbocycles. The number of esters is 1. The van der Waals surface area contributed by atoms with Crippen LogP contribution in [-0.4, -0.2) is 32.6 Å². The van der Waals surface area contributed by atoms with Crippen molar-refractivity contribution in [2.75, 3.05) is 20.8 Å². The van der Waals surface area contributed by atoms with Crippen LogP contribution in [-0.2, 0) is 14.3 Å². The molecule has 2 atom stereocenters. The minimum atomic E-state index is -0.891. The molecule has 0 heterocycles. The van der Waals surface area contributed by atoms with Crippen molar-refractivity contribution in [1.82, 2.24) is 0 Å². The third kappa shape index (κ3) is 4.46. The average Bonchev–Trinajstić information content (AvgIpc) is 2.72. The Morgan fingerprint density at radius 2 is 1.86 bits per heavy atom. The Bertz CT molecular complexity index is 950. The number of ether oxygens (including phenoxy) is 3. The van der Waals surface area contributed by atoms with Crippen molar-refractivity contribution >= 4 is 28.9 Å². The second-order valence-electron chi connectivity index (χ2n) is 6.74. The molecule has 152 valence electrons. The third-order valence-electron chi connectivity index (χ3n) is 5.04. The van der Waals surface area contributed by atoms with Crippen LogP contribution in [0.5, 0.6) is 11.5 Å². The molecule has 0 saturated heterocycles. The Kier molecular flexibility index (Phi) is 6.60. The van der Waals surface area contributed by atoms with E-state index in [-0.39, 0.29) is 18.3 Å². The van der Waals surface area contributed by atoms with Crippen LogP contribution in [0.25, 0.3) is 5.57 Å². The standard InChI is InChI=1S/C23H23ClO5/c1-4-29-23(26)22-18(15-6-5-7-17(24)10-15)11-16(12-19(22)25)14-8-9-20(27-2)21(13-14)28-3/h5-10,12-13,18,22H,4,11H2,1-3H3. The number of methoxy groups -OCH3 is 2. The number of halogens is 1. The number of ketones is 1. The molecule has 2 aromatic carbocycles. The second kappa shape index (κ2) is 9.14. The summed E-state index contributed by atoms with van der Waals surface area (Å²) in [7, 11) is 3.13. The Balaban J connectivity index is 2.04. The summed E-state index contributed by atoms with van der Waals surface area (Å²) in [5, 5.41) is 0.555. The molecule has 3 rings (SSSR count). The topological polar surface area (TPSA) is 61.8 Å². The Labute approximate surface area is 175 Å². The zero-order valence-electron chi connectivity index (χ0n) is 16.6. The SMILES string of the molecule is CCOC(=O)C1C(=O)C=C(c2ccc(OC)c(OC)c2)CC1c1cccc(Cl)c1. The molecule has 2 aromatic rings. The molecular weight excluding hydrogens is 392 g/mol. The van der Waals surface area contributed by atoms with Crippen LogP contribution in [0.4, 0.5) is 0 Å². The van der Waals surface area contributed by atoms with Crippen molar-refractivity contribution in [2.24, 2.45) is 5.92 Å². The third-order valence-corrected chi connectivity index (χ3v) is 5.27. The van der Waals surface area contributed by atoms with E-state index in [1.807, 2.05) is 24.3 Å². The van der Waals surface area contributed by atoms with Gasteiger partial charge in [0, 0.05) is 10.9 Å². The second-order valence-corrected chi connectivity index (χ2v) is 7.17. The van der Waals surface area contributed by atoms with Gasteiger partial charge < -0.3 is 14.2 Å². The first kappa shape index (κ1) is 20.9. The molecule has 0 spiro atoms. The van der Waals surface area contributed by atoms with E-state index in [0.29, 0.717) is 22.9 Å². The molecule has 6 heteroatoms. The van der Waals surface area contributed by atoms with Gasteiger partial charge in [-0.25, -0.2) is 0 Å². The van der Waals surface area contributed by atoms with Crippen LogP contribution in [0, 0.1) is 5.92 Å². The van der Waals surface area contributed by atoms with Crippen LogP contribution >= 0.6 is 11.6 Å². The maximum absolute atomic E-state index is 13.0. The lowest BCUT2D eigenvalue weighted by Crippen LogP contribution is -2.34. The lowest BCUT2D eigenvalue weighted by atomic mass is 9.73. The number of carbonyl (C=O) groups excluding carboxylic acids is 2. The van der Waals surface area contributed by atoms with Crippen molar-refractivity contribution in [1.29, 1.82) is 0 Å². The van der Waals surface area contributed by atoms with Crippen molar-refractivity contribution in [3.63, 3.8) is 0 Å². The summed E-state index contributed by atoms with van der Waals surface area (Å²) < 4.78 is 15.9. The summed E-state index contributed by atoms with van der Waals surface area (Å²) in [6.07, 6.45) is 2.02. The van der Waals surface area contributed by atoms with Crippen LogP contribution in [0.3, 0.4) is 0 Å². The fraction of sp³-hybridized carbons (Fsp3) is 0.304. The van der Waals surface area contributed by atoms with E-state index in [9.17, 15) is 9.59 Å². The first-order chi connectivity index (χ1) is 14.0. The fourth-order valence-electron chi connectivity index (χ4n) is 3.67. The quantitative estimate of drug-likeness (QED) is 0.507. The van der Waals surface area contributed by atoms with Gasteiger partial charge in [-0.1, -0.05) is 29.8 Å². The smallest absolute Gasteiger partial charge is 0.317 e. The summed E-state index contributed by atoms with van der Waals surface area (Å²) >= 11 is 6.17. The Hall–Kier alpha value is -2.79. The summed E-state index contributed by atoms with van der Waals surface area (Å²) in [5.41, 5.74) is 2.49. The molecule has 0 aromatic heterocycles. The Morgan fingerprint density at radius 3 is 2.52 bits per heavy atom. The lowest BCUT2D eigenvalue weighted by Gasteiger charge is -2.29. The lowest BCUT2D eigenvalue weighted by molar-refractivity contribution is -0.151. The van der Waals surface area contributed by atoms with E-state index < -0.39 is 11.9 Å². The van der Waals surface area contributed by atoms with E-state index in [0.717, 1.165) is 16.7 Å². The van der Waals surface area contributed by atoms with Crippen molar-refractivity contribution in [3.05, 3.63) is 64.7 Å². The molecule has 0 aliphatic heterocycles. The molecule has 0 saturated carbocycles. The van der Waals surface area contributed by atoms with Gasteiger partial charge in [-0.15, -0.1) is 0 Å². The molecule has 2 unspecified atom stereocenters. The monoisotopic (exact) mass is 414 g/mol. The first-order valence-electron chi connectivity index (χ1n) is 9.37. The number of hydrogen-bond acceptors (Lipinski definition) is 5. The van der Waals surface area contributed by atoms with E-state index in [1.54, 1.807) is 39.3 Å². The fourth-order valence-corrected chi connectivity index (χ4v) is 3.87. The summed E-state index contributed by atoms with van der Waals surface area (Å²) in [6, 6.07) is 12.8. The van der Waals surface area contributed by atoms with Crippen LogP contribution in [0.2, 0.25) is 5.02 Å². The average molecular weight is 415 g/mol. The molecule has 5 nitrogen and oxygen atoms in total. The van der Waals surface area contributed by atoms with Gasteiger partial charge in [0.25, 0.3) is 0 Å². The highest BCUT2D eigenvalue weighted by atomic mass is 35.5. The van der Waals surface area contributed by atoms with Gasteiger partial charge in [0.05, 0.1) is 20.8 Å². The van der Waals surface area contributed by atoms with Gasteiger partial charge in [-0.2, -0.15) is 0 Å². The zero-order chi connectivity index (χ0) is 21.0. The number of hydrogen-bond donors (Lipinski definition) is 0. The minimum Gasteiger partial charge on any atom is -0.493 e. The molecule has 0 fully saturated rings.